The molecule has 1 atom stereocenters. The summed E-state index contributed by atoms with van der Waals surface area (Å²) in [6.07, 6.45) is 3.90. The lowest BCUT2D eigenvalue weighted by molar-refractivity contribution is -0.127. The van der Waals surface area contributed by atoms with E-state index in [4.69, 9.17) is 5.11 Å². The first-order chi connectivity index (χ1) is 9.70. The van der Waals surface area contributed by atoms with Crippen molar-refractivity contribution in [3.05, 3.63) is 29.8 Å². The van der Waals surface area contributed by atoms with Crippen LogP contribution in [0.4, 0.5) is 5.69 Å². The van der Waals surface area contributed by atoms with Gasteiger partial charge in [-0.25, -0.2) is 0 Å². The Labute approximate surface area is 120 Å². The standard InChI is InChI=1S/C16H24N2O2/c1-2-7-16(8-4-9-17-12-16)15(20)18-14-6-3-5-13(10-14)11-19/h3,5-6,10,17,19H,2,4,7-9,11-12H2,1H3,(H,18,20). The van der Waals surface area contributed by atoms with Crippen LogP contribution in [0.5, 0.6) is 0 Å². The topological polar surface area (TPSA) is 61.4 Å². The van der Waals surface area contributed by atoms with Gasteiger partial charge >= 0.3 is 0 Å². The van der Waals surface area contributed by atoms with Crippen LogP contribution in [0.15, 0.2) is 24.3 Å². The highest BCUT2D eigenvalue weighted by Crippen LogP contribution is 2.33. The summed E-state index contributed by atoms with van der Waals surface area (Å²) in [5.41, 5.74) is 1.29. The molecule has 1 aromatic carbocycles. The number of rotatable bonds is 5. The second-order valence-electron chi connectivity index (χ2n) is 5.62. The third-order valence-electron chi connectivity index (χ3n) is 4.05. The molecule has 1 aliphatic rings. The van der Waals surface area contributed by atoms with Gasteiger partial charge in [-0.2, -0.15) is 0 Å². The van der Waals surface area contributed by atoms with Gasteiger partial charge in [-0.1, -0.05) is 25.5 Å². The first kappa shape index (κ1) is 15.0. The van der Waals surface area contributed by atoms with Crippen LogP contribution in [0, 0.1) is 5.41 Å². The molecule has 0 radical (unpaired) electrons. The van der Waals surface area contributed by atoms with Crippen molar-refractivity contribution in [2.24, 2.45) is 5.41 Å². The number of aliphatic hydroxyl groups excluding tert-OH is 1. The monoisotopic (exact) mass is 276 g/mol. The Morgan fingerprint density at radius 1 is 1.50 bits per heavy atom. The average molecular weight is 276 g/mol. The SMILES string of the molecule is CCCC1(C(=O)Nc2cccc(CO)c2)CCCNC1. The van der Waals surface area contributed by atoms with Crippen LogP contribution < -0.4 is 10.6 Å². The molecule has 2 rings (SSSR count). The lowest BCUT2D eigenvalue weighted by Gasteiger charge is -2.36. The zero-order valence-corrected chi connectivity index (χ0v) is 12.1. The Kier molecular flexibility index (Phi) is 5.15. The van der Waals surface area contributed by atoms with Crippen LogP contribution >= 0.6 is 0 Å². The van der Waals surface area contributed by atoms with E-state index in [1.54, 1.807) is 0 Å². The molecule has 1 saturated heterocycles. The number of benzene rings is 1. The van der Waals surface area contributed by atoms with Crippen molar-refractivity contribution in [2.45, 2.75) is 39.2 Å². The number of hydrogen-bond acceptors (Lipinski definition) is 3. The lowest BCUT2D eigenvalue weighted by atomic mass is 9.76. The number of amides is 1. The number of carbonyl (C=O) groups is 1. The van der Waals surface area contributed by atoms with Crippen molar-refractivity contribution in [2.75, 3.05) is 18.4 Å². The number of carbonyl (C=O) groups excluding carboxylic acids is 1. The van der Waals surface area contributed by atoms with E-state index >= 15 is 0 Å². The quantitative estimate of drug-likeness (QED) is 0.773. The fraction of sp³-hybridized carbons (Fsp3) is 0.562. The number of aliphatic hydroxyl groups is 1. The van der Waals surface area contributed by atoms with Crippen LogP contribution in [0.3, 0.4) is 0 Å². The summed E-state index contributed by atoms with van der Waals surface area (Å²) in [5, 5.41) is 15.5. The lowest BCUT2D eigenvalue weighted by Crippen LogP contribution is -2.48. The molecule has 1 heterocycles. The van der Waals surface area contributed by atoms with E-state index in [0.717, 1.165) is 50.0 Å². The zero-order valence-electron chi connectivity index (χ0n) is 12.1. The Morgan fingerprint density at radius 2 is 2.35 bits per heavy atom. The fourth-order valence-electron chi connectivity index (χ4n) is 2.98. The Bertz CT molecular complexity index is 448. The third kappa shape index (κ3) is 3.38. The smallest absolute Gasteiger partial charge is 0.231 e. The van der Waals surface area contributed by atoms with Crippen LogP contribution in [0.25, 0.3) is 0 Å². The summed E-state index contributed by atoms with van der Waals surface area (Å²) in [6, 6.07) is 7.40. The average Bonchev–Trinajstić information content (AvgIpc) is 2.48. The van der Waals surface area contributed by atoms with E-state index in [1.807, 2.05) is 24.3 Å². The van der Waals surface area contributed by atoms with Gasteiger partial charge in [0.1, 0.15) is 0 Å². The first-order valence-corrected chi connectivity index (χ1v) is 7.42. The fourth-order valence-corrected chi connectivity index (χ4v) is 2.98. The maximum absolute atomic E-state index is 12.7. The Hall–Kier alpha value is -1.39. The normalized spacial score (nSPS) is 22.5. The zero-order chi connectivity index (χ0) is 14.4. The highest BCUT2D eigenvalue weighted by atomic mass is 16.3. The predicted octanol–water partition coefficient (Wildman–Crippen LogP) is 2.29. The van der Waals surface area contributed by atoms with Crippen molar-refractivity contribution in [1.82, 2.24) is 5.32 Å². The van der Waals surface area contributed by atoms with Crippen LogP contribution in [-0.4, -0.2) is 24.1 Å². The van der Waals surface area contributed by atoms with Crippen molar-refractivity contribution in [1.29, 1.82) is 0 Å². The van der Waals surface area contributed by atoms with Crippen molar-refractivity contribution < 1.29 is 9.90 Å². The molecule has 1 aromatic rings. The molecule has 110 valence electrons. The van der Waals surface area contributed by atoms with E-state index in [2.05, 4.69) is 17.6 Å². The molecule has 4 heteroatoms. The van der Waals surface area contributed by atoms with Crippen molar-refractivity contribution in [3.8, 4) is 0 Å². The summed E-state index contributed by atoms with van der Waals surface area (Å²) >= 11 is 0. The van der Waals surface area contributed by atoms with Gasteiger partial charge in [-0.3, -0.25) is 4.79 Å². The number of anilines is 1. The Balaban J connectivity index is 2.11. The van der Waals surface area contributed by atoms with Crippen LogP contribution in [0.1, 0.15) is 38.2 Å². The summed E-state index contributed by atoms with van der Waals surface area (Å²) in [5.74, 6) is 0.0987. The van der Waals surface area contributed by atoms with Gasteiger partial charge in [0, 0.05) is 12.2 Å². The summed E-state index contributed by atoms with van der Waals surface area (Å²) in [6.45, 7) is 3.87. The molecule has 0 spiro atoms. The second-order valence-corrected chi connectivity index (χ2v) is 5.62. The van der Waals surface area contributed by atoms with Gasteiger partial charge in [0.05, 0.1) is 12.0 Å². The molecule has 0 aromatic heterocycles. The highest BCUT2D eigenvalue weighted by Gasteiger charge is 2.38. The number of hydrogen-bond donors (Lipinski definition) is 3. The maximum atomic E-state index is 12.7. The van der Waals surface area contributed by atoms with Gasteiger partial charge in [-0.15, -0.1) is 0 Å². The van der Waals surface area contributed by atoms with Crippen LogP contribution in [0.2, 0.25) is 0 Å². The molecule has 20 heavy (non-hydrogen) atoms. The molecular weight excluding hydrogens is 252 g/mol. The van der Waals surface area contributed by atoms with E-state index in [0.29, 0.717) is 0 Å². The first-order valence-electron chi connectivity index (χ1n) is 7.42. The van der Waals surface area contributed by atoms with E-state index < -0.39 is 0 Å². The molecule has 0 saturated carbocycles. The summed E-state index contributed by atoms with van der Waals surface area (Å²) in [7, 11) is 0. The largest absolute Gasteiger partial charge is 0.392 e. The Morgan fingerprint density at radius 3 is 3.00 bits per heavy atom. The molecule has 1 fully saturated rings. The minimum absolute atomic E-state index is 0.00856. The van der Waals surface area contributed by atoms with Crippen LogP contribution in [-0.2, 0) is 11.4 Å². The van der Waals surface area contributed by atoms with Crippen molar-refractivity contribution in [3.63, 3.8) is 0 Å². The van der Waals surface area contributed by atoms with Gasteiger partial charge in [-0.05, 0) is 43.5 Å². The molecule has 3 N–H and O–H groups in total. The van der Waals surface area contributed by atoms with Gasteiger partial charge in [0.15, 0.2) is 0 Å². The molecular formula is C16H24N2O2. The minimum atomic E-state index is -0.289. The third-order valence-corrected chi connectivity index (χ3v) is 4.05. The molecule has 0 aliphatic carbocycles. The van der Waals surface area contributed by atoms with E-state index in [-0.39, 0.29) is 17.9 Å². The molecule has 0 bridgehead atoms. The number of nitrogens with one attached hydrogen (secondary N) is 2. The van der Waals surface area contributed by atoms with Gasteiger partial charge in [0.2, 0.25) is 5.91 Å². The summed E-state index contributed by atoms with van der Waals surface area (Å²) < 4.78 is 0. The molecule has 1 aliphatic heterocycles. The van der Waals surface area contributed by atoms with Crippen molar-refractivity contribution >= 4 is 11.6 Å². The summed E-state index contributed by atoms with van der Waals surface area (Å²) in [4.78, 5) is 12.7. The molecule has 1 amide bonds. The molecule has 4 nitrogen and oxygen atoms in total. The van der Waals surface area contributed by atoms with E-state index in [9.17, 15) is 4.79 Å². The minimum Gasteiger partial charge on any atom is -0.392 e. The second kappa shape index (κ2) is 6.86. The highest BCUT2D eigenvalue weighted by molar-refractivity contribution is 5.95. The maximum Gasteiger partial charge on any atom is 0.231 e. The van der Waals surface area contributed by atoms with Gasteiger partial charge < -0.3 is 15.7 Å². The predicted molar refractivity (Wildman–Crippen MR) is 80.4 cm³/mol. The number of piperidine rings is 1. The van der Waals surface area contributed by atoms with E-state index in [1.165, 1.54) is 0 Å². The molecule has 1 unspecified atom stereocenters. The van der Waals surface area contributed by atoms with Gasteiger partial charge in [0.25, 0.3) is 0 Å².